The molecule has 2 heteroatoms. The van der Waals surface area contributed by atoms with Crippen LogP contribution in [0.1, 0.15) is 40.0 Å². The van der Waals surface area contributed by atoms with Crippen LogP contribution in [0.3, 0.4) is 0 Å². The van der Waals surface area contributed by atoms with Gasteiger partial charge in [0, 0.05) is 18.6 Å². The number of hydrogen-bond donors (Lipinski definition) is 0. The van der Waals surface area contributed by atoms with Crippen molar-refractivity contribution in [2.75, 3.05) is 33.2 Å². The van der Waals surface area contributed by atoms with Crippen molar-refractivity contribution in [3.63, 3.8) is 0 Å². The number of nitrogens with zero attached hydrogens (tertiary/aromatic N) is 2. The molecule has 0 spiro atoms. The molecule has 0 aliphatic carbocycles. The summed E-state index contributed by atoms with van der Waals surface area (Å²) in [5.74, 6) is 0. The molecule has 0 atom stereocenters. The number of piperidine rings is 1. The van der Waals surface area contributed by atoms with Crippen LogP contribution in [0.4, 0.5) is 0 Å². The molecule has 1 fully saturated rings. The Morgan fingerprint density at radius 3 is 2.14 bits per heavy atom. The highest BCUT2D eigenvalue weighted by atomic mass is 15.2. The van der Waals surface area contributed by atoms with Gasteiger partial charge in [0.1, 0.15) is 0 Å². The van der Waals surface area contributed by atoms with Crippen molar-refractivity contribution in [2.45, 2.75) is 45.6 Å². The van der Waals surface area contributed by atoms with Gasteiger partial charge in [-0.2, -0.15) is 0 Å². The number of rotatable bonds is 3. The predicted octanol–water partition coefficient (Wildman–Crippen LogP) is 2.20. The average Bonchev–Trinajstić information content (AvgIpc) is 2.14. The largest absolute Gasteiger partial charge is 0.302 e. The Hall–Kier alpha value is -0.0800. The van der Waals surface area contributed by atoms with Crippen LogP contribution < -0.4 is 0 Å². The van der Waals surface area contributed by atoms with Gasteiger partial charge in [0.05, 0.1) is 0 Å². The maximum Gasteiger partial charge on any atom is 0.0122 e. The molecule has 1 rings (SSSR count). The van der Waals surface area contributed by atoms with Crippen molar-refractivity contribution < 1.29 is 0 Å². The second-order valence-electron chi connectivity index (χ2n) is 5.49. The van der Waals surface area contributed by atoms with Crippen molar-refractivity contribution >= 4 is 0 Å². The van der Waals surface area contributed by atoms with Crippen molar-refractivity contribution in [2.24, 2.45) is 0 Å². The van der Waals surface area contributed by atoms with Gasteiger partial charge >= 0.3 is 0 Å². The standard InChI is InChI=1S/C12H26N2/c1-12(2,3)13(4)10-11-14-8-6-5-7-9-14/h5-11H2,1-4H3. The summed E-state index contributed by atoms with van der Waals surface area (Å²) in [6.07, 6.45) is 4.24. The maximum atomic E-state index is 2.60. The Kier molecular flexibility index (Phi) is 4.39. The van der Waals surface area contributed by atoms with E-state index in [9.17, 15) is 0 Å². The molecule has 0 unspecified atom stereocenters. The highest BCUT2D eigenvalue weighted by Gasteiger charge is 2.18. The Morgan fingerprint density at radius 1 is 1.07 bits per heavy atom. The summed E-state index contributed by atoms with van der Waals surface area (Å²) in [4.78, 5) is 5.05. The molecule has 0 N–H and O–H groups in total. The first-order valence-electron chi connectivity index (χ1n) is 5.94. The molecule has 0 radical (unpaired) electrons. The van der Waals surface area contributed by atoms with Gasteiger partial charge in [0.2, 0.25) is 0 Å². The lowest BCUT2D eigenvalue weighted by Crippen LogP contribution is -2.43. The van der Waals surface area contributed by atoms with E-state index in [1.807, 2.05) is 0 Å². The molecule has 1 saturated heterocycles. The van der Waals surface area contributed by atoms with Crippen LogP contribution >= 0.6 is 0 Å². The van der Waals surface area contributed by atoms with Gasteiger partial charge in [0.15, 0.2) is 0 Å². The van der Waals surface area contributed by atoms with E-state index in [4.69, 9.17) is 0 Å². The summed E-state index contributed by atoms with van der Waals surface area (Å²) in [6.45, 7) is 11.9. The highest BCUT2D eigenvalue weighted by molar-refractivity contribution is 4.74. The molecule has 0 aromatic heterocycles. The monoisotopic (exact) mass is 198 g/mol. The summed E-state index contributed by atoms with van der Waals surface area (Å²) < 4.78 is 0. The molecular formula is C12H26N2. The van der Waals surface area contributed by atoms with E-state index < -0.39 is 0 Å². The van der Waals surface area contributed by atoms with Crippen molar-refractivity contribution in [3.8, 4) is 0 Å². The number of likely N-dealkylation sites (tertiary alicyclic amines) is 1. The highest BCUT2D eigenvalue weighted by Crippen LogP contribution is 2.12. The molecule has 0 saturated carbocycles. The fourth-order valence-electron chi connectivity index (χ4n) is 1.81. The molecule has 0 amide bonds. The molecule has 1 aliphatic heterocycles. The Bertz CT molecular complexity index is 154. The second kappa shape index (κ2) is 5.13. The van der Waals surface area contributed by atoms with E-state index in [1.54, 1.807) is 0 Å². The molecule has 0 bridgehead atoms. The van der Waals surface area contributed by atoms with Gasteiger partial charge in [-0.25, -0.2) is 0 Å². The topological polar surface area (TPSA) is 6.48 Å². The first-order valence-corrected chi connectivity index (χ1v) is 5.94. The fourth-order valence-corrected chi connectivity index (χ4v) is 1.81. The van der Waals surface area contributed by atoms with Gasteiger partial charge in [-0.15, -0.1) is 0 Å². The van der Waals surface area contributed by atoms with E-state index in [1.165, 1.54) is 45.4 Å². The first-order chi connectivity index (χ1) is 6.50. The van der Waals surface area contributed by atoms with Gasteiger partial charge in [-0.1, -0.05) is 6.42 Å². The lowest BCUT2D eigenvalue weighted by atomic mass is 10.1. The maximum absolute atomic E-state index is 2.60. The zero-order valence-electron chi connectivity index (χ0n) is 10.3. The second-order valence-corrected chi connectivity index (χ2v) is 5.49. The first kappa shape index (κ1) is 12.0. The van der Waals surface area contributed by atoms with Gasteiger partial charge < -0.3 is 9.80 Å². The van der Waals surface area contributed by atoms with Gasteiger partial charge in [-0.05, 0) is 53.8 Å². The minimum absolute atomic E-state index is 0.315. The van der Waals surface area contributed by atoms with Crippen LogP contribution in [0, 0.1) is 0 Å². The Morgan fingerprint density at radius 2 is 1.64 bits per heavy atom. The number of hydrogen-bond acceptors (Lipinski definition) is 2. The van der Waals surface area contributed by atoms with E-state index >= 15 is 0 Å². The molecule has 2 nitrogen and oxygen atoms in total. The van der Waals surface area contributed by atoms with Crippen LogP contribution in [0.2, 0.25) is 0 Å². The van der Waals surface area contributed by atoms with Gasteiger partial charge in [-0.3, -0.25) is 0 Å². The predicted molar refractivity (Wildman–Crippen MR) is 62.7 cm³/mol. The average molecular weight is 198 g/mol. The molecule has 0 aromatic rings. The minimum atomic E-state index is 0.315. The molecule has 84 valence electrons. The van der Waals surface area contributed by atoms with Crippen molar-refractivity contribution in [1.29, 1.82) is 0 Å². The zero-order chi connectivity index (χ0) is 10.6. The zero-order valence-corrected chi connectivity index (χ0v) is 10.3. The molecular weight excluding hydrogens is 172 g/mol. The molecule has 1 heterocycles. The third kappa shape index (κ3) is 3.97. The van der Waals surface area contributed by atoms with Crippen LogP contribution in [0.25, 0.3) is 0 Å². The van der Waals surface area contributed by atoms with E-state index in [0.29, 0.717) is 5.54 Å². The Labute approximate surface area is 89.3 Å². The normalized spacial score (nSPS) is 20.4. The van der Waals surface area contributed by atoms with Gasteiger partial charge in [0.25, 0.3) is 0 Å². The van der Waals surface area contributed by atoms with Crippen LogP contribution in [0.15, 0.2) is 0 Å². The van der Waals surface area contributed by atoms with E-state index in [0.717, 1.165) is 0 Å². The van der Waals surface area contributed by atoms with Crippen molar-refractivity contribution in [1.82, 2.24) is 9.80 Å². The summed E-state index contributed by atoms with van der Waals surface area (Å²) >= 11 is 0. The lowest BCUT2D eigenvalue weighted by molar-refractivity contribution is 0.136. The van der Waals surface area contributed by atoms with Crippen molar-refractivity contribution in [3.05, 3.63) is 0 Å². The van der Waals surface area contributed by atoms with Crippen LogP contribution in [-0.4, -0.2) is 48.6 Å². The summed E-state index contributed by atoms with van der Waals surface area (Å²) in [6, 6.07) is 0. The Balaban J connectivity index is 2.19. The minimum Gasteiger partial charge on any atom is -0.302 e. The van der Waals surface area contributed by atoms with Crippen LogP contribution in [0.5, 0.6) is 0 Å². The molecule has 14 heavy (non-hydrogen) atoms. The molecule has 0 aromatic carbocycles. The SMILES string of the molecule is CN(CCN1CCCCC1)C(C)(C)C. The van der Waals surface area contributed by atoms with E-state index in [2.05, 4.69) is 37.6 Å². The smallest absolute Gasteiger partial charge is 0.0122 e. The third-order valence-corrected chi connectivity index (χ3v) is 3.35. The summed E-state index contributed by atoms with van der Waals surface area (Å²) in [7, 11) is 2.23. The van der Waals surface area contributed by atoms with Crippen LogP contribution in [-0.2, 0) is 0 Å². The summed E-state index contributed by atoms with van der Waals surface area (Å²) in [5.41, 5.74) is 0.315. The quantitative estimate of drug-likeness (QED) is 0.686. The third-order valence-electron chi connectivity index (χ3n) is 3.35. The summed E-state index contributed by atoms with van der Waals surface area (Å²) in [5, 5.41) is 0. The molecule has 1 aliphatic rings. The lowest BCUT2D eigenvalue weighted by Gasteiger charge is -2.35. The number of likely N-dealkylation sites (N-methyl/N-ethyl adjacent to an activating group) is 1. The van der Waals surface area contributed by atoms with E-state index in [-0.39, 0.29) is 0 Å². The fraction of sp³-hybridized carbons (Fsp3) is 1.00.